The quantitative estimate of drug-likeness (QED) is 0.399. The molecule has 1 aromatic rings. The SMILES string of the molecule is Cn1c(=O)[nH]n[c]([AlH2])c1=O. The predicted octanol–water partition coefficient (Wildman–Crippen LogP) is -3.27. The average molecular weight is 155 g/mol. The van der Waals surface area contributed by atoms with E-state index >= 15 is 0 Å². The Morgan fingerprint density at radius 2 is 2.20 bits per heavy atom. The van der Waals surface area contributed by atoms with E-state index in [1.54, 1.807) is 0 Å². The third-order valence-corrected chi connectivity index (χ3v) is 1.89. The maximum atomic E-state index is 10.9. The summed E-state index contributed by atoms with van der Waals surface area (Å²) in [7, 11) is 1.42. The van der Waals surface area contributed by atoms with E-state index in [9.17, 15) is 9.59 Å². The summed E-state index contributed by atoms with van der Waals surface area (Å²) < 4.78 is 1.44. The van der Waals surface area contributed by atoms with Crippen molar-refractivity contribution in [1.82, 2.24) is 14.8 Å². The zero-order valence-corrected chi connectivity index (χ0v) is 7.71. The van der Waals surface area contributed by atoms with Crippen molar-refractivity contribution in [1.29, 1.82) is 0 Å². The number of rotatable bonds is 0. The van der Waals surface area contributed by atoms with Crippen LogP contribution in [0.4, 0.5) is 0 Å². The highest BCUT2D eigenvalue weighted by Gasteiger charge is 1.97. The standard InChI is InChI=1S/C4H4N3O2.Al.2H/c1-7-3(8)2-5-6-4(7)9;;;/h1H3,(H,6,9);;;. The fourth-order valence-electron chi connectivity index (χ4n) is 0.589. The molecule has 0 bridgehead atoms. The smallest absolute Gasteiger partial charge is 0.269 e. The van der Waals surface area contributed by atoms with Gasteiger partial charge in [-0.1, -0.05) is 0 Å². The van der Waals surface area contributed by atoms with E-state index in [4.69, 9.17) is 0 Å². The molecule has 0 spiro atoms. The number of hydrogen-bond acceptors (Lipinski definition) is 3. The van der Waals surface area contributed by atoms with Gasteiger partial charge in [-0.05, 0) is 0 Å². The first-order valence-corrected chi connectivity index (χ1v) is 3.75. The zero-order valence-electron chi connectivity index (χ0n) is 5.71. The van der Waals surface area contributed by atoms with Crippen molar-refractivity contribution in [3.8, 4) is 0 Å². The van der Waals surface area contributed by atoms with Crippen LogP contribution in [0.5, 0.6) is 0 Å². The minimum absolute atomic E-state index is 0.296. The van der Waals surface area contributed by atoms with Gasteiger partial charge >= 0.3 is 22.0 Å². The molecule has 1 N–H and O–H groups in total. The second-order valence-electron chi connectivity index (χ2n) is 1.98. The van der Waals surface area contributed by atoms with Crippen LogP contribution in [-0.2, 0) is 7.05 Å². The Labute approximate surface area is 64.1 Å². The lowest BCUT2D eigenvalue weighted by atomic mass is 10.8. The van der Waals surface area contributed by atoms with E-state index in [0.717, 1.165) is 4.57 Å². The molecule has 0 aliphatic heterocycles. The molecule has 0 aliphatic carbocycles. The van der Waals surface area contributed by atoms with Crippen LogP contribution in [0.15, 0.2) is 9.59 Å². The maximum Gasteiger partial charge on any atom is 0.344 e. The van der Waals surface area contributed by atoms with Gasteiger partial charge in [0, 0.05) is 11.6 Å². The van der Waals surface area contributed by atoms with Crippen LogP contribution in [0.2, 0.25) is 0 Å². The Hall–Kier alpha value is -0.858. The van der Waals surface area contributed by atoms with Gasteiger partial charge in [0.1, 0.15) is 0 Å². The molecule has 0 unspecified atom stereocenters. The van der Waals surface area contributed by atoms with Crippen molar-refractivity contribution >= 4 is 20.8 Å². The molecule has 0 aliphatic rings. The van der Waals surface area contributed by atoms with Gasteiger partial charge < -0.3 is 0 Å². The number of H-pyrrole nitrogens is 1. The zero-order chi connectivity index (χ0) is 7.72. The molecule has 5 nitrogen and oxygen atoms in total. The van der Waals surface area contributed by atoms with Crippen LogP contribution < -0.4 is 15.8 Å². The molecule has 1 aromatic heterocycles. The molecule has 0 aromatic carbocycles. The molecular formula is C4H6AlN3O2. The summed E-state index contributed by atoms with van der Waals surface area (Å²) >= 11 is 0.558. The second kappa shape index (κ2) is 2.40. The first-order valence-electron chi connectivity index (χ1n) is 2.75. The maximum absolute atomic E-state index is 10.9. The van der Waals surface area contributed by atoms with Crippen LogP contribution in [0.1, 0.15) is 0 Å². The fourth-order valence-corrected chi connectivity index (χ4v) is 1.04. The number of aromatic amines is 1. The molecule has 52 valence electrons. The Balaban J connectivity index is 3.66. The Morgan fingerprint density at radius 3 is 2.70 bits per heavy atom. The Kier molecular flexibility index (Phi) is 1.74. The third kappa shape index (κ3) is 1.03. The number of aromatic nitrogens is 3. The fraction of sp³-hybridized carbons (Fsp3) is 0.250. The van der Waals surface area contributed by atoms with E-state index in [-0.39, 0.29) is 5.56 Å². The molecule has 0 saturated heterocycles. The number of hydrogen-bond donors (Lipinski definition) is 1. The molecule has 1 rings (SSSR count). The van der Waals surface area contributed by atoms with Crippen LogP contribution in [0.25, 0.3) is 0 Å². The molecule has 0 fully saturated rings. The van der Waals surface area contributed by atoms with Crippen molar-refractivity contribution in [3.05, 3.63) is 20.8 Å². The van der Waals surface area contributed by atoms with E-state index < -0.39 is 5.69 Å². The topological polar surface area (TPSA) is 67.8 Å². The monoisotopic (exact) mass is 155 g/mol. The minimum atomic E-state index is -0.468. The van der Waals surface area contributed by atoms with Gasteiger partial charge in [0.25, 0.3) is 5.56 Å². The Morgan fingerprint density at radius 1 is 1.60 bits per heavy atom. The highest BCUT2D eigenvalue weighted by molar-refractivity contribution is 6.30. The molecule has 0 radical (unpaired) electrons. The summed E-state index contributed by atoms with van der Waals surface area (Å²) in [4.78, 5) is 21.6. The highest BCUT2D eigenvalue weighted by atomic mass is 27.0. The second-order valence-corrected chi connectivity index (χ2v) is 2.93. The van der Waals surface area contributed by atoms with Crippen LogP contribution in [0.3, 0.4) is 0 Å². The number of nitrogens with one attached hydrogen (secondary N) is 1. The van der Waals surface area contributed by atoms with Crippen LogP contribution in [0, 0.1) is 0 Å². The third-order valence-electron chi connectivity index (χ3n) is 1.24. The van der Waals surface area contributed by atoms with Crippen LogP contribution >= 0.6 is 0 Å². The molecular weight excluding hydrogens is 149 g/mol. The van der Waals surface area contributed by atoms with Gasteiger partial charge in [-0.15, -0.1) is 0 Å². The predicted molar refractivity (Wildman–Crippen MR) is 38.3 cm³/mol. The molecule has 10 heavy (non-hydrogen) atoms. The summed E-state index contributed by atoms with van der Waals surface area (Å²) in [5, 5.41) is 5.73. The van der Waals surface area contributed by atoms with Gasteiger partial charge in [0.15, 0.2) is 0 Å². The van der Waals surface area contributed by atoms with E-state index in [1.165, 1.54) is 7.05 Å². The minimum Gasteiger partial charge on any atom is -0.269 e. The summed E-state index contributed by atoms with van der Waals surface area (Å²) in [6.07, 6.45) is 0. The lowest BCUT2D eigenvalue weighted by molar-refractivity contribution is 0.740. The first kappa shape index (κ1) is 7.25. The molecule has 1 heterocycles. The summed E-state index contributed by atoms with van der Waals surface area (Å²) in [6, 6.07) is 0. The van der Waals surface area contributed by atoms with Crippen molar-refractivity contribution in [2.75, 3.05) is 0 Å². The normalized spacial score (nSPS) is 9.70. The lowest BCUT2D eigenvalue weighted by Crippen LogP contribution is -2.44. The van der Waals surface area contributed by atoms with Gasteiger partial charge in [0.2, 0.25) is 0 Å². The number of nitrogens with zero attached hydrogens (tertiary/aromatic N) is 2. The van der Waals surface area contributed by atoms with Gasteiger partial charge in [-0.3, -0.25) is 9.36 Å². The van der Waals surface area contributed by atoms with Crippen molar-refractivity contribution < 1.29 is 0 Å². The summed E-state index contributed by atoms with van der Waals surface area (Å²) in [5.74, 6) is 0. The summed E-state index contributed by atoms with van der Waals surface area (Å²) in [6.45, 7) is 0. The largest absolute Gasteiger partial charge is 0.344 e. The molecule has 0 amide bonds. The summed E-state index contributed by atoms with van der Waals surface area (Å²) in [5.41, 5.74) is -0.764. The van der Waals surface area contributed by atoms with Crippen molar-refractivity contribution in [2.45, 2.75) is 0 Å². The lowest BCUT2D eigenvalue weighted by Gasteiger charge is -1.93. The van der Waals surface area contributed by atoms with Crippen molar-refractivity contribution in [3.63, 3.8) is 0 Å². The molecule has 6 heteroatoms. The van der Waals surface area contributed by atoms with Crippen molar-refractivity contribution in [2.24, 2.45) is 7.05 Å². The van der Waals surface area contributed by atoms with Crippen LogP contribution in [-0.4, -0.2) is 31.1 Å². The van der Waals surface area contributed by atoms with E-state index in [1.807, 2.05) is 0 Å². The molecule has 0 atom stereocenters. The van der Waals surface area contributed by atoms with Gasteiger partial charge in [-0.25, -0.2) is 9.89 Å². The first-order chi connectivity index (χ1) is 4.63. The highest BCUT2D eigenvalue weighted by Crippen LogP contribution is 1.48. The van der Waals surface area contributed by atoms with E-state index in [0.29, 0.717) is 20.8 Å². The molecule has 0 saturated carbocycles. The van der Waals surface area contributed by atoms with Gasteiger partial charge in [0.05, 0.1) is 0 Å². The average Bonchev–Trinajstić information content (AvgIpc) is 1.93. The Bertz CT molecular complexity index is 352. The van der Waals surface area contributed by atoms with Gasteiger partial charge in [-0.2, -0.15) is 5.10 Å². The van der Waals surface area contributed by atoms with E-state index in [2.05, 4.69) is 10.2 Å².